The lowest BCUT2D eigenvalue weighted by Gasteiger charge is -2.18. The number of nitrogens with zero attached hydrogens (tertiary/aromatic N) is 1. The number of rotatable bonds is 5. The molecule has 1 atom stereocenters. The molecule has 3 rings (SSSR count). The van der Waals surface area contributed by atoms with Crippen LogP contribution in [0.4, 0.5) is 23.7 Å². The maximum atomic E-state index is 14.5. The molecule has 0 aliphatic carbocycles. The number of benzene rings is 2. The second-order valence-electron chi connectivity index (χ2n) is 6.14. The molecule has 1 aliphatic heterocycles. The van der Waals surface area contributed by atoms with Gasteiger partial charge in [0.2, 0.25) is 5.91 Å². The van der Waals surface area contributed by atoms with E-state index in [4.69, 9.17) is 9.47 Å². The third-order valence-electron chi connectivity index (χ3n) is 4.14. The Kier molecular flexibility index (Phi) is 5.72. The van der Waals surface area contributed by atoms with E-state index in [0.29, 0.717) is 5.56 Å². The average molecular weight is 394 g/mol. The summed E-state index contributed by atoms with van der Waals surface area (Å²) in [5, 5.41) is 2.26. The lowest BCUT2D eigenvalue weighted by molar-refractivity contribution is -0.117. The molecule has 1 aliphatic rings. The second-order valence-corrected chi connectivity index (χ2v) is 6.14. The molecule has 1 saturated heterocycles. The summed E-state index contributed by atoms with van der Waals surface area (Å²) < 4.78 is 52.2. The van der Waals surface area contributed by atoms with Crippen molar-refractivity contribution in [3.63, 3.8) is 0 Å². The number of hydrogen-bond donors (Lipinski definition) is 1. The molecule has 1 fully saturated rings. The van der Waals surface area contributed by atoms with Crippen molar-refractivity contribution in [2.45, 2.75) is 19.1 Å². The van der Waals surface area contributed by atoms with E-state index < -0.39 is 35.6 Å². The van der Waals surface area contributed by atoms with Gasteiger partial charge >= 0.3 is 6.09 Å². The van der Waals surface area contributed by atoms with E-state index in [-0.39, 0.29) is 31.0 Å². The van der Waals surface area contributed by atoms with Gasteiger partial charge in [-0.1, -0.05) is 12.1 Å². The van der Waals surface area contributed by atoms with Gasteiger partial charge in [0, 0.05) is 19.2 Å². The van der Waals surface area contributed by atoms with Gasteiger partial charge in [0.25, 0.3) is 0 Å². The first-order valence-electron chi connectivity index (χ1n) is 8.42. The van der Waals surface area contributed by atoms with Gasteiger partial charge in [-0.3, -0.25) is 4.79 Å². The number of hydrogen-bond acceptors (Lipinski definition) is 4. The largest absolute Gasteiger partial charge is 0.486 e. The molecular formula is C19H17F3N2O4. The van der Waals surface area contributed by atoms with Crippen molar-refractivity contribution >= 4 is 17.7 Å². The lowest BCUT2D eigenvalue weighted by Crippen LogP contribution is -2.30. The van der Waals surface area contributed by atoms with Crippen LogP contribution in [0.15, 0.2) is 36.4 Å². The zero-order chi connectivity index (χ0) is 20.3. The summed E-state index contributed by atoms with van der Waals surface area (Å²) in [5.74, 6) is -3.08. The summed E-state index contributed by atoms with van der Waals surface area (Å²) in [6.07, 6.45) is -1.61. The second kappa shape index (κ2) is 8.20. The average Bonchev–Trinajstić information content (AvgIpc) is 3.01. The molecule has 9 heteroatoms. The maximum absolute atomic E-state index is 14.5. The molecular weight excluding hydrogens is 377 g/mol. The van der Waals surface area contributed by atoms with E-state index in [1.807, 2.05) is 0 Å². The summed E-state index contributed by atoms with van der Waals surface area (Å²) >= 11 is 0. The van der Waals surface area contributed by atoms with Crippen LogP contribution in [0.1, 0.15) is 12.0 Å². The van der Waals surface area contributed by atoms with Gasteiger partial charge in [-0.2, -0.15) is 0 Å². The fourth-order valence-corrected chi connectivity index (χ4v) is 2.82. The van der Waals surface area contributed by atoms with Crippen molar-refractivity contribution in [2.24, 2.45) is 0 Å². The van der Waals surface area contributed by atoms with Gasteiger partial charge in [-0.05, 0) is 17.7 Å². The quantitative estimate of drug-likeness (QED) is 0.846. The van der Waals surface area contributed by atoms with Crippen LogP contribution in [-0.2, 0) is 16.1 Å². The standard InChI is InChI=1S/C19H17F3N2O4/c1-23-19(26)28-13-6-18(25)24(9-13)16-7-15(22)17(8-14(16)21)27-10-11-3-2-4-12(20)5-11/h2-5,7-8,13H,6,9-10H2,1H3,(H,23,26). The van der Waals surface area contributed by atoms with Gasteiger partial charge in [0.1, 0.15) is 18.5 Å². The summed E-state index contributed by atoms with van der Waals surface area (Å²) in [7, 11) is 1.37. The van der Waals surface area contributed by atoms with Crippen molar-refractivity contribution in [1.29, 1.82) is 0 Å². The maximum Gasteiger partial charge on any atom is 0.407 e. The molecule has 1 heterocycles. The molecule has 2 aromatic carbocycles. The lowest BCUT2D eigenvalue weighted by atomic mass is 10.2. The SMILES string of the molecule is CNC(=O)OC1CC(=O)N(c2cc(F)c(OCc3cccc(F)c3)cc2F)C1. The molecule has 0 saturated carbocycles. The number of alkyl carbamates (subject to hydrolysis) is 1. The van der Waals surface area contributed by atoms with Gasteiger partial charge in [0.05, 0.1) is 18.7 Å². The number of carbonyl (C=O) groups excluding carboxylic acids is 2. The monoisotopic (exact) mass is 394 g/mol. The Hall–Kier alpha value is -3.23. The van der Waals surface area contributed by atoms with Crippen molar-refractivity contribution in [2.75, 3.05) is 18.5 Å². The topological polar surface area (TPSA) is 67.9 Å². The van der Waals surface area contributed by atoms with Crippen LogP contribution in [0, 0.1) is 17.5 Å². The molecule has 2 amide bonds. The van der Waals surface area contributed by atoms with Gasteiger partial charge in [-0.25, -0.2) is 18.0 Å². The van der Waals surface area contributed by atoms with Crippen molar-refractivity contribution in [3.05, 3.63) is 59.4 Å². The number of amides is 2. The van der Waals surface area contributed by atoms with Crippen LogP contribution >= 0.6 is 0 Å². The van der Waals surface area contributed by atoms with Crippen molar-refractivity contribution < 1.29 is 32.2 Å². The van der Waals surface area contributed by atoms with Crippen LogP contribution in [-0.4, -0.2) is 31.7 Å². The zero-order valence-corrected chi connectivity index (χ0v) is 14.9. The highest BCUT2D eigenvalue weighted by Gasteiger charge is 2.35. The van der Waals surface area contributed by atoms with Crippen molar-refractivity contribution in [3.8, 4) is 5.75 Å². The highest BCUT2D eigenvalue weighted by Crippen LogP contribution is 2.31. The Morgan fingerprint density at radius 3 is 2.71 bits per heavy atom. The first-order valence-corrected chi connectivity index (χ1v) is 8.42. The minimum atomic E-state index is -0.878. The van der Waals surface area contributed by atoms with E-state index in [1.165, 1.54) is 25.2 Å². The number of ether oxygens (including phenoxy) is 2. The molecule has 0 aromatic heterocycles. The van der Waals surface area contributed by atoms with Crippen molar-refractivity contribution in [1.82, 2.24) is 5.32 Å². The summed E-state index contributed by atoms with van der Waals surface area (Å²) in [6, 6.07) is 7.21. The van der Waals surface area contributed by atoms with E-state index in [9.17, 15) is 22.8 Å². The molecule has 0 bridgehead atoms. The highest BCUT2D eigenvalue weighted by molar-refractivity contribution is 5.96. The normalized spacial score (nSPS) is 16.2. The Balaban J connectivity index is 1.73. The highest BCUT2D eigenvalue weighted by atomic mass is 19.1. The molecule has 1 N–H and O–H groups in total. The fraction of sp³-hybridized carbons (Fsp3) is 0.263. The van der Waals surface area contributed by atoms with E-state index >= 15 is 0 Å². The minimum Gasteiger partial charge on any atom is -0.486 e. The fourth-order valence-electron chi connectivity index (χ4n) is 2.82. The first-order chi connectivity index (χ1) is 13.4. The summed E-state index contributed by atoms with van der Waals surface area (Å²) in [6.45, 7) is -0.246. The molecule has 0 spiro atoms. The predicted octanol–water partition coefficient (Wildman–Crippen LogP) is 3.14. The van der Waals surface area contributed by atoms with E-state index in [1.54, 1.807) is 6.07 Å². The Morgan fingerprint density at radius 2 is 2.00 bits per heavy atom. The van der Waals surface area contributed by atoms with Crippen LogP contribution in [0.2, 0.25) is 0 Å². The predicted molar refractivity (Wildman–Crippen MR) is 93.4 cm³/mol. The van der Waals surface area contributed by atoms with Crippen LogP contribution < -0.4 is 15.0 Å². The number of carbonyl (C=O) groups is 2. The summed E-state index contributed by atoms with van der Waals surface area (Å²) in [4.78, 5) is 24.4. The third kappa shape index (κ3) is 4.36. The molecule has 0 radical (unpaired) electrons. The first kappa shape index (κ1) is 19.5. The summed E-state index contributed by atoms with van der Waals surface area (Å²) in [5.41, 5.74) is 0.177. The molecule has 28 heavy (non-hydrogen) atoms. The molecule has 1 unspecified atom stereocenters. The Bertz CT molecular complexity index is 907. The number of nitrogens with one attached hydrogen (secondary N) is 1. The molecule has 6 nitrogen and oxygen atoms in total. The zero-order valence-electron chi connectivity index (χ0n) is 14.9. The molecule has 148 valence electrons. The van der Waals surface area contributed by atoms with Crippen LogP contribution in [0.5, 0.6) is 5.75 Å². The Morgan fingerprint density at radius 1 is 1.21 bits per heavy atom. The van der Waals surface area contributed by atoms with E-state index in [0.717, 1.165) is 17.0 Å². The number of anilines is 1. The van der Waals surface area contributed by atoms with Gasteiger partial charge in [-0.15, -0.1) is 0 Å². The third-order valence-corrected chi connectivity index (χ3v) is 4.14. The van der Waals surface area contributed by atoms with Crippen LogP contribution in [0.3, 0.4) is 0 Å². The van der Waals surface area contributed by atoms with Gasteiger partial charge in [0.15, 0.2) is 17.4 Å². The Labute approximate surface area is 158 Å². The minimum absolute atomic E-state index is 0.0912. The van der Waals surface area contributed by atoms with Gasteiger partial charge < -0.3 is 19.7 Å². The molecule has 2 aromatic rings. The smallest absolute Gasteiger partial charge is 0.407 e. The van der Waals surface area contributed by atoms with Crippen LogP contribution in [0.25, 0.3) is 0 Å². The number of halogens is 3. The van der Waals surface area contributed by atoms with E-state index in [2.05, 4.69) is 5.32 Å².